The van der Waals surface area contributed by atoms with Crippen molar-refractivity contribution in [2.75, 3.05) is 0 Å². The van der Waals surface area contributed by atoms with Crippen molar-refractivity contribution >= 4 is 5.71 Å². The predicted molar refractivity (Wildman–Crippen MR) is 127 cm³/mol. The number of aromatic nitrogens is 2. The van der Waals surface area contributed by atoms with Gasteiger partial charge in [-0.15, -0.1) is 0 Å². The minimum absolute atomic E-state index is 0.0855. The molecule has 1 aliphatic rings. The molecule has 1 aliphatic heterocycles. The second-order valence-corrected chi connectivity index (χ2v) is 8.79. The SMILES string of the molecule is Cc1cc(-c2ccccc2)nn1-c1ccc(C2=NNC(C)(C)Cc3ccccc32)cc1. The van der Waals surface area contributed by atoms with Gasteiger partial charge >= 0.3 is 0 Å². The number of hydrogen-bond acceptors (Lipinski definition) is 3. The zero-order valence-electron chi connectivity index (χ0n) is 18.1. The molecule has 1 N–H and O–H groups in total. The maximum atomic E-state index is 4.84. The molecule has 0 atom stereocenters. The number of fused-ring (bicyclic) bond motifs is 1. The van der Waals surface area contributed by atoms with E-state index in [2.05, 4.69) is 92.9 Å². The molecule has 4 aromatic rings. The van der Waals surface area contributed by atoms with Crippen molar-refractivity contribution in [3.63, 3.8) is 0 Å². The molecule has 0 saturated carbocycles. The average molecular weight is 407 g/mol. The van der Waals surface area contributed by atoms with Crippen molar-refractivity contribution in [1.29, 1.82) is 0 Å². The van der Waals surface area contributed by atoms with Crippen LogP contribution in [0.3, 0.4) is 0 Å². The lowest BCUT2D eigenvalue weighted by Gasteiger charge is -2.22. The van der Waals surface area contributed by atoms with Gasteiger partial charge in [-0.2, -0.15) is 10.2 Å². The molecule has 0 aliphatic carbocycles. The van der Waals surface area contributed by atoms with E-state index in [1.165, 1.54) is 11.1 Å². The Hall–Kier alpha value is -3.66. The minimum atomic E-state index is -0.0855. The monoisotopic (exact) mass is 406 g/mol. The summed E-state index contributed by atoms with van der Waals surface area (Å²) in [7, 11) is 0. The van der Waals surface area contributed by atoms with E-state index in [1.807, 2.05) is 22.9 Å². The maximum Gasteiger partial charge on any atom is 0.0976 e. The Morgan fingerprint density at radius 3 is 2.32 bits per heavy atom. The third-order valence-electron chi connectivity index (χ3n) is 5.72. The first-order valence-corrected chi connectivity index (χ1v) is 10.7. The van der Waals surface area contributed by atoms with Crippen LogP contribution in [-0.4, -0.2) is 21.0 Å². The van der Waals surface area contributed by atoms with Gasteiger partial charge in [-0.05, 0) is 51.0 Å². The Morgan fingerprint density at radius 2 is 1.55 bits per heavy atom. The lowest BCUT2D eigenvalue weighted by Crippen LogP contribution is -2.37. The van der Waals surface area contributed by atoms with Gasteiger partial charge in [0.1, 0.15) is 0 Å². The normalized spacial score (nSPS) is 14.9. The summed E-state index contributed by atoms with van der Waals surface area (Å²) in [6.45, 7) is 6.46. The van der Waals surface area contributed by atoms with E-state index < -0.39 is 0 Å². The predicted octanol–water partition coefficient (Wildman–Crippen LogP) is 5.52. The molecule has 154 valence electrons. The summed E-state index contributed by atoms with van der Waals surface area (Å²) in [4.78, 5) is 0. The summed E-state index contributed by atoms with van der Waals surface area (Å²) in [5.74, 6) is 0. The van der Waals surface area contributed by atoms with Gasteiger partial charge in [0.2, 0.25) is 0 Å². The van der Waals surface area contributed by atoms with Crippen LogP contribution in [0.4, 0.5) is 0 Å². The third-order valence-corrected chi connectivity index (χ3v) is 5.72. The van der Waals surface area contributed by atoms with E-state index >= 15 is 0 Å². The van der Waals surface area contributed by atoms with Crippen molar-refractivity contribution < 1.29 is 0 Å². The van der Waals surface area contributed by atoms with Crippen LogP contribution < -0.4 is 5.43 Å². The van der Waals surface area contributed by atoms with Gasteiger partial charge in [-0.25, -0.2) is 4.68 Å². The number of hydrogen-bond donors (Lipinski definition) is 1. The number of rotatable bonds is 3. The number of nitrogens with zero attached hydrogens (tertiary/aromatic N) is 3. The molecule has 0 amide bonds. The molecule has 31 heavy (non-hydrogen) atoms. The summed E-state index contributed by atoms with van der Waals surface area (Å²) in [5.41, 5.74) is 12.1. The number of aryl methyl sites for hydroxylation is 1. The molecule has 0 bridgehead atoms. The van der Waals surface area contributed by atoms with Crippen LogP contribution in [0.15, 0.2) is 90.0 Å². The fourth-order valence-electron chi connectivity index (χ4n) is 4.15. The van der Waals surface area contributed by atoms with E-state index in [0.717, 1.165) is 40.3 Å². The van der Waals surface area contributed by atoms with Gasteiger partial charge in [0.15, 0.2) is 0 Å². The molecule has 0 spiro atoms. The van der Waals surface area contributed by atoms with Crippen LogP contribution in [-0.2, 0) is 6.42 Å². The second-order valence-electron chi connectivity index (χ2n) is 8.79. The second kappa shape index (κ2) is 7.55. The Balaban J connectivity index is 1.50. The largest absolute Gasteiger partial charge is 0.304 e. The fourth-order valence-corrected chi connectivity index (χ4v) is 4.15. The summed E-state index contributed by atoms with van der Waals surface area (Å²) in [6.07, 6.45) is 0.934. The van der Waals surface area contributed by atoms with Gasteiger partial charge in [0.25, 0.3) is 0 Å². The number of benzene rings is 3. The van der Waals surface area contributed by atoms with Crippen molar-refractivity contribution in [2.45, 2.75) is 32.7 Å². The quantitative estimate of drug-likeness (QED) is 0.486. The first-order valence-electron chi connectivity index (χ1n) is 10.7. The van der Waals surface area contributed by atoms with E-state index in [-0.39, 0.29) is 5.54 Å². The van der Waals surface area contributed by atoms with Gasteiger partial charge < -0.3 is 5.43 Å². The highest BCUT2D eigenvalue weighted by atomic mass is 15.3. The van der Waals surface area contributed by atoms with Crippen LogP contribution in [0.1, 0.15) is 36.2 Å². The van der Waals surface area contributed by atoms with Gasteiger partial charge in [-0.3, -0.25) is 0 Å². The molecule has 4 heteroatoms. The summed E-state index contributed by atoms with van der Waals surface area (Å²) in [5, 5.41) is 9.63. The summed E-state index contributed by atoms with van der Waals surface area (Å²) >= 11 is 0. The van der Waals surface area contributed by atoms with Gasteiger partial charge in [-0.1, -0.05) is 66.7 Å². The number of nitrogens with one attached hydrogen (secondary N) is 1. The first-order chi connectivity index (χ1) is 15.0. The average Bonchev–Trinajstić information content (AvgIpc) is 3.10. The summed E-state index contributed by atoms with van der Waals surface area (Å²) < 4.78 is 2.00. The molecule has 3 aromatic carbocycles. The van der Waals surface area contributed by atoms with Crippen LogP contribution in [0, 0.1) is 6.92 Å². The Kier molecular flexibility index (Phi) is 4.70. The van der Waals surface area contributed by atoms with Crippen molar-refractivity contribution in [2.24, 2.45) is 5.10 Å². The van der Waals surface area contributed by atoms with Crippen molar-refractivity contribution in [3.8, 4) is 16.9 Å². The highest BCUT2D eigenvalue weighted by Crippen LogP contribution is 2.25. The maximum absolute atomic E-state index is 4.84. The van der Waals surface area contributed by atoms with E-state index in [9.17, 15) is 0 Å². The number of hydrazone groups is 1. The third kappa shape index (κ3) is 3.77. The lowest BCUT2D eigenvalue weighted by atomic mass is 9.90. The van der Waals surface area contributed by atoms with Crippen LogP contribution in [0.2, 0.25) is 0 Å². The van der Waals surface area contributed by atoms with Crippen LogP contribution >= 0.6 is 0 Å². The van der Waals surface area contributed by atoms with Gasteiger partial charge in [0.05, 0.1) is 22.6 Å². The highest BCUT2D eigenvalue weighted by molar-refractivity contribution is 6.13. The Labute approximate surface area is 183 Å². The van der Waals surface area contributed by atoms with Crippen LogP contribution in [0.25, 0.3) is 16.9 Å². The molecular formula is C27H26N4. The molecule has 1 aromatic heterocycles. The Bertz CT molecular complexity index is 1250. The summed E-state index contributed by atoms with van der Waals surface area (Å²) in [6, 6.07) is 29.5. The lowest BCUT2D eigenvalue weighted by molar-refractivity contribution is 0.402. The molecule has 5 rings (SSSR count). The first kappa shape index (κ1) is 19.3. The standard InChI is InChI=1S/C27H26N4/c1-19-17-25(20-9-5-4-6-10-20)29-31(19)23-15-13-21(14-16-23)26-24-12-8-7-11-22(24)18-27(2,3)30-28-26/h4-17,30H,18H2,1-3H3. The fraction of sp³-hybridized carbons (Fsp3) is 0.185. The molecule has 2 heterocycles. The highest BCUT2D eigenvalue weighted by Gasteiger charge is 2.24. The molecule has 0 fully saturated rings. The van der Waals surface area contributed by atoms with E-state index in [0.29, 0.717) is 0 Å². The topological polar surface area (TPSA) is 42.2 Å². The van der Waals surface area contributed by atoms with Crippen LogP contribution in [0.5, 0.6) is 0 Å². The smallest absolute Gasteiger partial charge is 0.0976 e. The van der Waals surface area contributed by atoms with Gasteiger partial charge in [0, 0.05) is 22.4 Å². The van der Waals surface area contributed by atoms with Crippen molar-refractivity contribution in [3.05, 3.63) is 107 Å². The molecule has 0 saturated heterocycles. The molecule has 4 nitrogen and oxygen atoms in total. The molecule has 0 unspecified atom stereocenters. The van der Waals surface area contributed by atoms with Crippen molar-refractivity contribution in [1.82, 2.24) is 15.2 Å². The minimum Gasteiger partial charge on any atom is -0.304 e. The van der Waals surface area contributed by atoms with E-state index in [4.69, 9.17) is 10.2 Å². The zero-order chi connectivity index (χ0) is 21.4. The van der Waals surface area contributed by atoms with E-state index in [1.54, 1.807) is 0 Å². The molecule has 0 radical (unpaired) electrons. The zero-order valence-corrected chi connectivity index (χ0v) is 18.1. The Morgan fingerprint density at radius 1 is 0.839 bits per heavy atom. The molecular weight excluding hydrogens is 380 g/mol.